The van der Waals surface area contributed by atoms with E-state index in [-0.39, 0.29) is 11.8 Å². The molecule has 6 nitrogen and oxygen atoms in total. The lowest BCUT2D eigenvalue weighted by Gasteiger charge is -2.17. The van der Waals surface area contributed by atoms with Crippen LogP contribution in [0.1, 0.15) is 79.1 Å². The molecule has 2 atom stereocenters. The van der Waals surface area contributed by atoms with Gasteiger partial charge < -0.3 is 14.6 Å². The first-order chi connectivity index (χ1) is 22.0. The van der Waals surface area contributed by atoms with Crippen molar-refractivity contribution >= 4 is 21.5 Å². The molecule has 0 aliphatic rings. The van der Waals surface area contributed by atoms with Gasteiger partial charge in [-0.1, -0.05) is 115 Å². The van der Waals surface area contributed by atoms with Crippen LogP contribution in [0.5, 0.6) is 17.5 Å². The molecular formula is C39H47N3O3. The van der Waals surface area contributed by atoms with Crippen molar-refractivity contribution in [1.82, 2.24) is 15.0 Å². The minimum Gasteiger partial charge on any atom is -0.507 e. The molecule has 0 fully saturated rings. The van der Waals surface area contributed by atoms with E-state index in [0.29, 0.717) is 48.0 Å². The summed E-state index contributed by atoms with van der Waals surface area (Å²) < 4.78 is 12.4. The molecule has 0 saturated carbocycles. The van der Waals surface area contributed by atoms with E-state index >= 15 is 0 Å². The predicted octanol–water partition coefficient (Wildman–Crippen LogP) is 10.4. The van der Waals surface area contributed by atoms with Crippen molar-refractivity contribution < 1.29 is 14.6 Å². The van der Waals surface area contributed by atoms with Gasteiger partial charge in [0, 0.05) is 11.6 Å². The Morgan fingerprint density at radius 3 is 1.87 bits per heavy atom. The molecule has 2 unspecified atom stereocenters. The molecule has 0 aliphatic heterocycles. The topological polar surface area (TPSA) is 77.4 Å². The first kappa shape index (κ1) is 32.2. The Balaban J connectivity index is 1.54. The average Bonchev–Trinajstić information content (AvgIpc) is 3.08. The number of phenols is 1. The van der Waals surface area contributed by atoms with Crippen LogP contribution in [-0.2, 0) is 0 Å². The summed E-state index contributed by atoms with van der Waals surface area (Å²) in [6.45, 7) is 9.99. The lowest BCUT2D eigenvalue weighted by Crippen LogP contribution is -2.13. The van der Waals surface area contributed by atoms with Crippen LogP contribution in [0.25, 0.3) is 44.3 Å². The first-order valence-electron chi connectivity index (χ1n) is 16.8. The third kappa shape index (κ3) is 7.91. The quantitative estimate of drug-likeness (QED) is 0.113. The van der Waals surface area contributed by atoms with Gasteiger partial charge in [-0.05, 0) is 64.4 Å². The molecule has 45 heavy (non-hydrogen) atoms. The third-order valence-corrected chi connectivity index (χ3v) is 8.85. The number of benzene rings is 4. The van der Waals surface area contributed by atoms with Gasteiger partial charge in [0.25, 0.3) is 0 Å². The lowest BCUT2D eigenvalue weighted by molar-refractivity contribution is 0.217. The second-order valence-corrected chi connectivity index (χ2v) is 12.1. The number of ether oxygens (including phenoxy) is 2. The van der Waals surface area contributed by atoms with E-state index in [0.717, 1.165) is 53.8 Å². The average molecular weight is 606 g/mol. The Morgan fingerprint density at radius 2 is 1.22 bits per heavy atom. The van der Waals surface area contributed by atoms with Gasteiger partial charge in [-0.3, -0.25) is 0 Å². The van der Waals surface area contributed by atoms with Crippen LogP contribution in [0.2, 0.25) is 0 Å². The van der Waals surface area contributed by atoms with Crippen molar-refractivity contribution in [2.75, 3.05) is 13.2 Å². The fourth-order valence-corrected chi connectivity index (χ4v) is 5.89. The van der Waals surface area contributed by atoms with Crippen LogP contribution in [0, 0.1) is 11.8 Å². The van der Waals surface area contributed by atoms with Crippen LogP contribution in [0.15, 0.2) is 72.8 Å². The van der Waals surface area contributed by atoms with E-state index < -0.39 is 0 Å². The normalized spacial score (nSPS) is 12.8. The Kier molecular flexibility index (Phi) is 11.2. The molecule has 6 heteroatoms. The zero-order valence-electron chi connectivity index (χ0n) is 27.3. The van der Waals surface area contributed by atoms with Crippen molar-refractivity contribution in [3.8, 4) is 40.3 Å². The Bertz CT molecular complexity index is 1700. The minimum absolute atomic E-state index is 0.0648. The second-order valence-electron chi connectivity index (χ2n) is 12.1. The molecule has 0 radical (unpaired) electrons. The summed E-state index contributed by atoms with van der Waals surface area (Å²) in [5.41, 5.74) is 1.41. The Hall–Kier alpha value is -4.19. The molecule has 0 aliphatic carbocycles. The van der Waals surface area contributed by atoms with Gasteiger partial charge in [0.15, 0.2) is 11.6 Å². The van der Waals surface area contributed by atoms with Gasteiger partial charge >= 0.3 is 6.01 Å². The van der Waals surface area contributed by atoms with Gasteiger partial charge in [0.05, 0.1) is 18.8 Å². The maximum atomic E-state index is 11.2. The van der Waals surface area contributed by atoms with Crippen molar-refractivity contribution in [3.05, 3.63) is 72.8 Å². The number of hydrogen-bond acceptors (Lipinski definition) is 6. The van der Waals surface area contributed by atoms with E-state index in [1.807, 2.05) is 24.3 Å². The number of aromatic nitrogens is 3. The highest BCUT2D eigenvalue weighted by Gasteiger charge is 2.19. The summed E-state index contributed by atoms with van der Waals surface area (Å²) in [5, 5.41) is 15.7. The molecule has 4 aromatic carbocycles. The fourth-order valence-electron chi connectivity index (χ4n) is 5.89. The van der Waals surface area contributed by atoms with Gasteiger partial charge in [-0.25, -0.2) is 4.98 Å². The molecule has 1 heterocycles. The molecule has 5 rings (SSSR count). The molecule has 236 valence electrons. The number of aromatic hydroxyl groups is 1. The van der Waals surface area contributed by atoms with E-state index in [9.17, 15) is 5.11 Å². The summed E-state index contributed by atoms with van der Waals surface area (Å²) in [4.78, 5) is 14.5. The van der Waals surface area contributed by atoms with Crippen molar-refractivity contribution in [1.29, 1.82) is 0 Å². The van der Waals surface area contributed by atoms with E-state index in [1.165, 1.54) is 24.6 Å². The van der Waals surface area contributed by atoms with E-state index in [4.69, 9.17) is 24.4 Å². The highest BCUT2D eigenvalue weighted by molar-refractivity contribution is 6.13. The number of phenolic OH excluding ortho intramolecular Hbond substituents is 1. The molecule has 0 bridgehead atoms. The lowest BCUT2D eigenvalue weighted by atomic mass is 9.97. The molecule has 5 aromatic rings. The Labute approximate surface area is 267 Å². The van der Waals surface area contributed by atoms with Crippen molar-refractivity contribution in [2.24, 2.45) is 11.8 Å². The summed E-state index contributed by atoms with van der Waals surface area (Å²) in [6.07, 6.45) is 9.05. The van der Waals surface area contributed by atoms with Crippen molar-refractivity contribution in [3.63, 3.8) is 0 Å². The van der Waals surface area contributed by atoms with Gasteiger partial charge in [0.2, 0.25) is 0 Å². The Morgan fingerprint density at radius 1 is 0.622 bits per heavy atom. The van der Waals surface area contributed by atoms with Crippen molar-refractivity contribution in [2.45, 2.75) is 79.1 Å². The molecule has 0 spiro atoms. The van der Waals surface area contributed by atoms with Crippen LogP contribution < -0.4 is 9.47 Å². The zero-order valence-corrected chi connectivity index (χ0v) is 27.3. The molecule has 1 aromatic heterocycles. The highest BCUT2D eigenvalue weighted by Crippen LogP contribution is 2.36. The SMILES string of the molecule is CCCCC(CC)COc1ccc(-c2nc(OCC(CC)CCCC)nc(-c3cc4ccccc4c4ccccc34)n2)c(O)c1. The van der Waals surface area contributed by atoms with Crippen LogP contribution in [0.3, 0.4) is 0 Å². The number of hydrogen-bond donors (Lipinski definition) is 1. The number of nitrogens with zero attached hydrogens (tertiary/aromatic N) is 3. The van der Waals surface area contributed by atoms with Crippen LogP contribution >= 0.6 is 0 Å². The smallest absolute Gasteiger partial charge is 0.320 e. The molecule has 0 saturated heterocycles. The number of unbranched alkanes of at least 4 members (excludes halogenated alkanes) is 2. The summed E-state index contributed by atoms with van der Waals surface area (Å²) in [6, 6.07) is 24.5. The van der Waals surface area contributed by atoms with E-state index in [1.54, 1.807) is 6.07 Å². The zero-order chi connectivity index (χ0) is 31.6. The van der Waals surface area contributed by atoms with Crippen LogP contribution in [-0.4, -0.2) is 33.3 Å². The second kappa shape index (κ2) is 15.7. The number of fused-ring (bicyclic) bond motifs is 3. The largest absolute Gasteiger partial charge is 0.507 e. The summed E-state index contributed by atoms with van der Waals surface area (Å²) in [7, 11) is 0. The van der Waals surface area contributed by atoms with Gasteiger partial charge in [-0.2, -0.15) is 9.97 Å². The molecule has 0 amide bonds. The maximum absolute atomic E-state index is 11.2. The van der Waals surface area contributed by atoms with Crippen LogP contribution in [0.4, 0.5) is 0 Å². The first-order valence-corrected chi connectivity index (χ1v) is 16.8. The summed E-state index contributed by atoms with van der Waals surface area (Å²) >= 11 is 0. The molecule has 1 N–H and O–H groups in total. The highest BCUT2D eigenvalue weighted by atomic mass is 16.5. The predicted molar refractivity (Wildman–Crippen MR) is 185 cm³/mol. The fraction of sp³-hybridized carbons (Fsp3) is 0.410. The third-order valence-electron chi connectivity index (χ3n) is 8.85. The monoisotopic (exact) mass is 605 g/mol. The maximum Gasteiger partial charge on any atom is 0.320 e. The van der Waals surface area contributed by atoms with Gasteiger partial charge in [0.1, 0.15) is 11.5 Å². The van der Waals surface area contributed by atoms with Gasteiger partial charge in [-0.15, -0.1) is 0 Å². The van der Waals surface area contributed by atoms with E-state index in [2.05, 4.69) is 70.2 Å². The summed E-state index contributed by atoms with van der Waals surface area (Å²) in [5.74, 6) is 2.50. The minimum atomic E-state index is 0.0648. The number of rotatable bonds is 16. The molecular weight excluding hydrogens is 558 g/mol. The standard InChI is InChI=1S/C39H47N3O3/c1-5-9-15-27(7-3)25-44-30-21-22-34(36(43)24-30)37-40-38(42-39(41-37)45-26-28(8-4)16-10-6-2)35-23-29-17-11-12-18-31(29)32-19-13-14-20-33(32)35/h11-14,17-24,27-28,43H,5-10,15-16,25-26H2,1-4H3.